The Morgan fingerprint density at radius 3 is 2.36 bits per heavy atom. The average molecular weight is 353 g/mol. The smallest absolute Gasteiger partial charge is 0.324 e. The number of aromatic nitrogens is 3. The number of carbonyl (C=O) groups excluding carboxylic acids is 1. The highest BCUT2D eigenvalue weighted by atomic mass is 32.2. The molecule has 0 fully saturated rings. The van der Waals surface area contributed by atoms with E-state index in [0.717, 1.165) is 17.0 Å². The van der Waals surface area contributed by atoms with E-state index in [4.69, 9.17) is 4.74 Å². The van der Waals surface area contributed by atoms with E-state index in [-0.39, 0.29) is 5.97 Å². The van der Waals surface area contributed by atoms with Gasteiger partial charge in [0.05, 0.1) is 6.61 Å². The molecule has 5 nitrogen and oxygen atoms in total. The Morgan fingerprint density at radius 2 is 1.72 bits per heavy atom. The van der Waals surface area contributed by atoms with Crippen LogP contribution in [0, 0.1) is 0 Å². The molecule has 25 heavy (non-hydrogen) atoms. The molecule has 3 aromatic rings. The van der Waals surface area contributed by atoms with Gasteiger partial charge in [0.2, 0.25) is 0 Å². The molecule has 0 aliphatic heterocycles. The number of carbonyl (C=O) groups is 1. The Labute approximate surface area is 151 Å². The van der Waals surface area contributed by atoms with Crippen LogP contribution in [0.2, 0.25) is 0 Å². The standard InChI is InChI=1S/C19H19N3O2S/c1-3-24-18(23)16(14-10-6-4-7-11-14)25-19-21-20-17(22(19)2)15-12-8-5-9-13-15/h4-13,16H,3H2,1-2H3/t16-/m1/s1. The SMILES string of the molecule is CCOC(=O)[C@H](Sc1nnc(-c2ccccc2)n1C)c1ccccc1. The molecule has 1 heterocycles. The molecular formula is C19H19N3O2S. The highest BCUT2D eigenvalue weighted by molar-refractivity contribution is 8.00. The van der Waals surface area contributed by atoms with Gasteiger partial charge in [0.15, 0.2) is 11.0 Å². The van der Waals surface area contributed by atoms with E-state index in [2.05, 4.69) is 10.2 Å². The lowest BCUT2D eigenvalue weighted by Gasteiger charge is -2.15. The van der Waals surface area contributed by atoms with Crippen molar-refractivity contribution in [2.45, 2.75) is 17.3 Å². The largest absolute Gasteiger partial charge is 0.465 e. The van der Waals surface area contributed by atoms with Gasteiger partial charge >= 0.3 is 5.97 Å². The lowest BCUT2D eigenvalue weighted by Crippen LogP contribution is -2.14. The number of rotatable bonds is 6. The van der Waals surface area contributed by atoms with Crippen molar-refractivity contribution in [2.24, 2.45) is 7.05 Å². The van der Waals surface area contributed by atoms with Crippen LogP contribution in [-0.2, 0) is 16.6 Å². The number of esters is 1. The van der Waals surface area contributed by atoms with Crippen molar-refractivity contribution in [1.82, 2.24) is 14.8 Å². The zero-order valence-corrected chi connectivity index (χ0v) is 14.9. The molecule has 0 bridgehead atoms. The molecule has 0 spiro atoms. The fourth-order valence-electron chi connectivity index (χ4n) is 2.46. The lowest BCUT2D eigenvalue weighted by atomic mass is 10.1. The van der Waals surface area contributed by atoms with E-state index < -0.39 is 5.25 Å². The number of ether oxygens (including phenoxy) is 1. The van der Waals surface area contributed by atoms with Crippen LogP contribution in [-0.4, -0.2) is 27.3 Å². The first-order chi connectivity index (χ1) is 12.2. The van der Waals surface area contributed by atoms with Gasteiger partial charge in [0.25, 0.3) is 0 Å². The molecule has 1 atom stereocenters. The predicted molar refractivity (Wildman–Crippen MR) is 98.1 cm³/mol. The van der Waals surface area contributed by atoms with Gasteiger partial charge in [-0.3, -0.25) is 4.79 Å². The Kier molecular flexibility index (Phi) is 5.50. The van der Waals surface area contributed by atoms with Crippen molar-refractivity contribution >= 4 is 17.7 Å². The molecule has 0 amide bonds. The van der Waals surface area contributed by atoms with Gasteiger partial charge in [-0.1, -0.05) is 72.4 Å². The summed E-state index contributed by atoms with van der Waals surface area (Å²) in [6.45, 7) is 2.15. The minimum absolute atomic E-state index is 0.275. The van der Waals surface area contributed by atoms with Gasteiger partial charge in [-0.05, 0) is 12.5 Å². The van der Waals surface area contributed by atoms with Crippen molar-refractivity contribution in [2.75, 3.05) is 6.61 Å². The fourth-order valence-corrected chi connectivity index (χ4v) is 3.46. The van der Waals surface area contributed by atoms with Crippen LogP contribution in [0.4, 0.5) is 0 Å². The Balaban J connectivity index is 1.90. The molecule has 0 N–H and O–H groups in total. The average Bonchev–Trinajstić information content (AvgIpc) is 3.01. The number of thioether (sulfide) groups is 1. The summed E-state index contributed by atoms with van der Waals surface area (Å²) < 4.78 is 7.14. The summed E-state index contributed by atoms with van der Waals surface area (Å²) in [5.41, 5.74) is 1.87. The summed E-state index contributed by atoms with van der Waals surface area (Å²) in [4.78, 5) is 12.4. The number of benzene rings is 2. The fraction of sp³-hybridized carbons (Fsp3) is 0.211. The third kappa shape index (κ3) is 3.91. The van der Waals surface area contributed by atoms with Crippen LogP contribution in [0.1, 0.15) is 17.7 Å². The molecule has 6 heteroatoms. The zero-order chi connectivity index (χ0) is 17.6. The normalized spacial score (nSPS) is 11.9. The maximum atomic E-state index is 12.4. The molecule has 1 aromatic heterocycles. The summed E-state index contributed by atoms with van der Waals surface area (Å²) in [5, 5.41) is 8.73. The van der Waals surface area contributed by atoms with Crippen LogP contribution in [0.3, 0.4) is 0 Å². The minimum atomic E-state index is -0.479. The van der Waals surface area contributed by atoms with Crippen LogP contribution in [0.5, 0.6) is 0 Å². The Morgan fingerprint density at radius 1 is 1.08 bits per heavy atom. The Hall–Kier alpha value is -2.60. The lowest BCUT2D eigenvalue weighted by molar-refractivity contribution is -0.142. The number of hydrogen-bond acceptors (Lipinski definition) is 5. The third-order valence-electron chi connectivity index (χ3n) is 3.69. The second-order valence-electron chi connectivity index (χ2n) is 5.39. The highest BCUT2D eigenvalue weighted by Gasteiger charge is 2.26. The first-order valence-electron chi connectivity index (χ1n) is 8.03. The first kappa shape index (κ1) is 17.2. The van der Waals surface area contributed by atoms with E-state index in [0.29, 0.717) is 11.8 Å². The second kappa shape index (κ2) is 7.98. The van der Waals surface area contributed by atoms with Crippen molar-refractivity contribution in [1.29, 1.82) is 0 Å². The topological polar surface area (TPSA) is 57.0 Å². The summed E-state index contributed by atoms with van der Waals surface area (Å²) in [6, 6.07) is 19.4. The van der Waals surface area contributed by atoms with E-state index in [9.17, 15) is 4.79 Å². The van der Waals surface area contributed by atoms with Gasteiger partial charge in [0, 0.05) is 12.6 Å². The van der Waals surface area contributed by atoms with Crippen molar-refractivity contribution < 1.29 is 9.53 Å². The van der Waals surface area contributed by atoms with E-state index in [1.165, 1.54) is 11.8 Å². The highest BCUT2D eigenvalue weighted by Crippen LogP contribution is 2.36. The van der Waals surface area contributed by atoms with Gasteiger partial charge in [-0.15, -0.1) is 10.2 Å². The Bertz CT molecular complexity index is 834. The molecule has 0 saturated carbocycles. The summed E-state index contributed by atoms with van der Waals surface area (Å²) in [7, 11) is 1.90. The monoisotopic (exact) mass is 353 g/mol. The molecular weight excluding hydrogens is 334 g/mol. The van der Waals surface area contributed by atoms with E-state index in [1.54, 1.807) is 6.92 Å². The maximum absolute atomic E-state index is 12.4. The zero-order valence-electron chi connectivity index (χ0n) is 14.1. The van der Waals surface area contributed by atoms with Crippen LogP contribution >= 0.6 is 11.8 Å². The van der Waals surface area contributed by atoms with Crippen LogP contribution in [0.25, 0.3) is 11.4 Å². The number of nitrogens with zero attached hydrogens (tertiary/aromatic N) is 3. The summed E-state index contributed by atoms with van der Waals surface area (Å²) in [6.07, 6.45) is 0. The minimum Gasteiger partial charge on any atom is -0.465 e. The molecule has 0 aliphatic carbocycles. The summed E-state index contributed by atoms with van der Waals surface area (Å²) in [5.74, 6) is 0.488. The van der Waals surface area contributed by atoms with Crippen molar-refractivity contribution in [3.05, 3.63) is 66.2 Å². The first-order valence-corrected chi connectivity index (χ1v) is 8.91. The summed E-state index contributed by atoms with van der Waals surface area (Å²) >= 11 is 1.35. The molecule has 0 saturated heterocycles. The molecule has 0 unspecified atom stereocenters. The van der Waals surface area contributed by atoms with Gasteiger partial charge in [0.1, 0.15) is 5.25 Å². The van der Waals surface area contributed by atoms with Crippen molar-refractivity contribution in [3.63, 3.8) is 0 Å². The molecule has 3 rings (SSSR count). The number of hydrogen-bond donors (Lipinski definition) is 0. The van der Waals surface area contributed by atoms with Crippen molar-refractivity contribution in [3.8, 4) is 11.4 Å². The van der Waals surface area contributed by atoms with Crippen LogP contribution < -0.4 is 0 Å². The second-order valence-corrected chi connectivity index (χ2v) is 6.46. The predicted octanol–water partition coefficient (Wildman–Crippen LogP) is 3.88. The maximum Gasteiger partial charge on any atom is 0.324 e. The van der Waals surface area contributed by atoms with Gasteiger partial charge < -0.3 is 9.30 Å². The molecule has 0 radical (unpaired) electrons. The third-order valence-corrected chi connectivity index (χ3v) is 4.96. The van der Waals surface area contributed by atoms with E-state index >= 15 is 0 Å². The van der Waals surface area contributed by atoms with Crippen LogP contribution in [0.15, 0.2) is 65.8 Å². The molecule has 128 valence electrons. The quantitative estimate of drug-likeness (QED) is 0.497. The van der Waals surface area contributed by atoms with Gasteiger partial charge in [-0.2, -0.15) is 0 Å². The molecule has 2 aromatic carbocycles. The van der Waals surface area contributed by atoms with E-state index in [1.807, 2.05) is 72.3 Å². The van der Waals surface area contributed by atoms with Gasteiger partial charge in [-0.25, -0.2) is 0 Å². The molecule has 0 aliphatic rings.